The number of nitro benzene ring substituents is 1. The number of carbonyl (C=O) groups excluding carboxylic acids is 1. The fourth-order valence-corrected chi connectivity index (χ4v) is 2.58. The van der Waals surface area contributed by atoms with Crippen molar-refractivity contribution in [2.75, 3.05) is 5.32 Å². The summed E-state index contributed by atoms with van der Waals surface area (Å²) in [4.78, 5) is 22.5. The topological polar surface area (TPSA) is 81.5 Å². The molecule has 0 spiro atoms. The molecule has 136 valence electrons. The summed E-state index contributed by atoms with van der Waals surface area (Å²) in [5, 5.41) is 13.5. The summed E-state index contributed by atoms with van der Waals surface area (Å²) >= 11 is 5.99. The van der Waals surface area contributed by atoms with Gasteiger partial charge in [-0.3, -0.25) is 14.9 Å². The van der Waals surface area contributed by atoms with Gasteiger partial charge in [-0.1, -0.05) is 41.9 Å². The number of nitrogens with zero attached hydrogens (tertiary/aromatic N) is 1. The molecule has 1 amide bonds. The molecular weight excluding hydrogens is 368 g/mol. The Balaban J connectivity index is 1.63. The molecule has 7 heteroatoms. The lowest BCUT2D eigenvalue weighted by molar-refractivity contribution is -0.384. The highest BCUT2D eigenvalue weighted by molar-refractivity contribution is 6.34. The number of benzene rings is 3. The Morgan fingerprint density at radius 2 is 1.74 bits per heavy atom. The van der Waals surface area contributed by atoms with Gasteiger partial charge in [0.05, 0.1) is 15.6 Å². The Morgan fingerprint density at radius 1 is 1.04 bits per heavy atom. The molecule has 0 saturated carbocycles. The van der Waals surface area contributed by atoms with Crippen LogP contribution < -0.4 is 10.1 Å². The molecule has 27 heavy (non-hydrogen) atoms. The van der Waals surface area contributed by atoms with Crippen molar-refractivity contribution in [2.45, 2.75) is 6.61 Å². The fraction of sp³-hybridized carbons (Fsp3) is 0.0500. The molecule has 0 fully saturated rings. The maximum absolute atomic E-state index is 12.3. The van der Waals surface area contributed by atoms with E-state index < -0.39 is 4.92 Å². The summed E-state index contributed by atoms with van der Waals surface area (Å²) < 4.78 is 5.68. The Bertz CT molecular complexity index is 959. The standard InChI is InChI=1S/C20H15ClN2O4/c21-18-12-16(23(25)26)8-11-19(18)22-20(24)15-6-9-17(10-7-15)27-13-14-4-2-1-3-5-14/h1-12H,13H2,(H,22,24). The fourth-order valence-electron chi connectivity index (χ4n) is 2.36. The number of halogens is 1. The number of amides is 1. The van der Waals surface area contributed by atoms with Crippen LogP contribution in [0.15, 0.2) is 72.8 Å². The van der Waals surface area contributed by atoms with E-state index in [0.717, 1.165) is 5.56 Å². The van der Waals surface area contributed by atoms with E-state index in [4.69, 9.17) is 16.3 Å². The van der Waals surface area contributed by atoms with Gasteiger partial charge in [-0.2, -0.15) is 0 Å². The lowest BCUT2D eigenvalue weighted by Gasteiger charge is -2.09. The molecule has 0 heterocycles. The number of hydrogen-bond acceptors (Lipinski definition) is 4. The van der Waals surface area contributed by atoms with Crippen molar-refractivity contribution in [3.05, 3.63) is 99.1 Å². The maximum Gasteiger partial charge on any atom is 0.271 e. The van der Waals surface area contributed by atoms with Crippen LogP contribution in [0, 0.1) is 10.1 Å². The minimum atomic E-state index is -0.550. The number of carbonyl (C=O) groups is 1. The van der Waals surface area contributed by atoms with E-state index in [0.29, 0.717) is 23.6 Å². The van der Waals surface area contributed by atoms with Crippen LogP contribution in [0.4, 0.5) is 11.4 Å². The van der Waals surface area contributed by atoms with E-state index in [-0.39, 0.29) is 16.6 Å². The van der Waals surface area contributed by atoms with Crippen molar-refractivity contribution in [2.24, 2.45) is 0 Å². The zero-order chi connectivity index (χ0) is 19.2. The minimum Gasteiger partial charge on any atom is -0.489 e. The van der Waals surface area contributed by atoms with Crippen molar-refractivity contribution in [1.82, 2.24) is 0 Å². The first-order chi connectivity index (χ1) is 13.0. The van der Waals surface area contributed by atoms with Crippen LogP contribution in [0.5, 0.6) is 5.75 Å². The summed E-state index contributed by atoms with van der Waals surface area (Å²) in [7, 11) is 0. The first-order valence-electron chi connectivity index (χ1n) is 8.05. The smallest absolute Gasteiger partial charge is 0.271 e. The molecule has 0 saturated heterocycles. The van der Waals surface area contributed by atoms with E-state index in [1.807, 2.05) is 30.3 Å². The highest BCUT2D eigenvalue weighted by Gasteiger charge is 2.12. The molecular formula is C20H15ClN2O4. The number of rotatable bonds is 6. The highest BCUT2D eigenvalue weighted by atomic mass is 35.5. The van der Waals surface area contributed by atoms with Crippen molar-refractivity contribution in [3.8, 4) is 5.75 Å². The van der Waals surface area contributed by atoms with Gasteiger partial charge >= 0.3 is 0 Å². The van der Waals surface area contributed by atoms with Crippen molar-refractivity contribution in [3.63, 3.8) is 0 Å². The lowest BCUT2D eigenvalue weighted by atomic mass is 10.2. The normalized spacial score (nSPS) is 10.3. The number of anilines is 1. The Kier molecular flexibility index (Phi) is 5.68. The first kappa shape index (κ1) is 18.4. The quantitative estimate of drug-likeness (QED) is 0.476. The largest absolute Gasteiger partial charge is 0.489 e. The number of ether oxygens (including phenoxy) is 1. The lowest BCUT2D eigenvalue weighted by Crippen LogP contribution is -2.12. The van der Waals surface area contributed by atoms with E-state index in [9.17, 15) is 14.9 Å². The van der Waals surface area contributed by atoms with Crippen LogP contribution in [0.25, 0.3) is 0 Å². The van der Waals surface area contributed by atoms with Gasteiger partial charge in [0, 0.05) is 17.7 Å². The zero-order valence-corrected chi connectivity index (χ0v) is 14.8. The summed E-state index contributed by atoms with van der Waals surface area (Å²) in [6, 6.07) is 20.3. The summed E-state index contributed by atoms with van der Waals surface area (Å²) in [5.74, 6) is 0.268. The average Bonchev–Trinajstić information content (AvgIpc) is 2.69. The third-order valence-electron chi connectivity index (χ3n) is 3.78. The van der Waals surface area contributed by atoms with Gasteiger partial charge in [0.2, 0.25) is 0 Å². The van der Waals surface area contributed by atoms with Crippen molar-refractivity contribution < 1.29 is 14.5 Å². The molecule has 6 nitrogen and oxygen atoms in total. The van der Waals surface area contributed by atoms with Gasteiger partial charge in [0.25, 0.3) is 11.6 Å². The minimum absolute atomic E-state index is 0.0976. The first-order valence-corrected chi connectivity index (χ1v) is 8.43. The molecule has 3 rings (SSSR count). The van der Waals surface area contributed by atoms with Gasteiger partial charge < -0.3 is 10.1 Å². The van der Waals surface area contributed by atoms with Crippen LogP contribution in [0.1, 0.15) is 15.9 Å². The molecule has 0 aliphatic rings. The predicted molar refractivity (Wildman–Crippen MR) is 103 cm³/mol. The van der Waals surface area contributed by atoms with E-state index in [1.54, 1.807) is 24.3 Å². The van der Waals surface area contributed by atoms with Crippen LogP contribution in [-0.4, -0.2) is 10.8 Å². The van der Waals surface area contributed by atoms with Crippen LogP contribution in [0.3, 0.4) is 0 Å². The third-order valence-corrected chi connectivity index (χ3v) is 4.09. The summed E-state index contributed by atoms with van der Waals surface area (Å²) in [6.07, 6.45) is 0. The molecule has 0 aliphatic carbocycles. The van der Waals surface area contributed by atoms with Crippen LogP contribution in [-0.2, 0) is 6.61 Å². The molecule has 0 radical (unpaired) electrons. The molecule has 0 aromatic heterocycles. The summed E-state index contributed by atoms with van der Waals surface area (Å²) in [5.41, 5.74) is 1.62. The maximum atomic E-state index is 12.3. The number of non-ortho nitro benzene ring substituents is 1. The number of nitrogens with one attached hydrogen (secondary N) is 1. The van der Waals surface area contributed by atoms with Gasteiger partial charge in [0.15, 0.2) is 0 Å². The highest BCUT2D eigenvalue weighted by Crippen LogP contribution is 2.27. The van der Waals surface area contributed by atoms with Crippen LogP contribution in [0.2, 0.25) is 5.02 Å². The second-order valence-electron chi connectivity index (χ2n) is 5.67. The Hall–Kier alpha value is -3.38. The predicted octanol–water partition coefficient (Wildman–Crippen LogP) is 5.08. The SMILES string of the molecule is O=C(Nc1ccc([N+](=O)[O-])cc1Cl)c1ccc(OCc2ccccc2)cc1. The molecule has 0 unspecified atom stereocenters. The monoisotopic (exact) mass is 382 g/mol. The molecule has 3 aromatic carbocycles. The van der Waals surface area contributed by atoms with Gasteiger partial charge in [-0.15, -0.1) is 0 Å². The molecule has 0 bridgehead atoms. The van der Waals surface area contributed by atoms with Crippen molar-refractivity contribution in [1.29, 1.82) is 0 Å². The van der Waals surface area contributed by atoms with Gasteiger partial charge in [-0.25, -0.2) is 0 Å². The van der Waals surface area contributed by atoms with Gasteiger partial charge in [0.1, 0.15) is 12.4 Å². The average molecular weight is 383 g/mol. The molecule has 0 aliphatic heterocycles. The van der Waals surface area contributed by atoms with E-state index in [1.165, 1.54) is 18.2 Å². The summed E-state index contributed by atoms with van der Waals surface area (Å²) in [6.45, 7) is 0.435. The van der Waals surface area contributed by atoms with Crippen molar-refractivity contribution >= 4 is 28.9 Å². The zero-order valence-electron chi connectivity index (χ0n) is 14.1. The number of nitro groups is 1. The van der Waals surface area contributed by atoms with Crippen LogP contribution >= 0.6 is 11.6 Å². The molecule has 0 atom stereocenters. The van der Waals surface area contributed by atoms with Gasteiger partial charge in [-0.05, 0) is 35.9 Å². The Morgan fingerprint density at radius 3 is 2.37 bits per heavy atom. The number of hydrogen-bond donors (Lipinski definition) is 1. The third kappa shape index (κ3) is 4.83. The van der Waals surface area contributed by atoms with E-state index in [2.05, 4.69) is 5.32 Å². The Labute approximate surface area is 160 Å². The second-order valence-corrected chi connectivity index (χ2v) is 6.08. The molecule has 1 N–H and O–H groups in total. The molecule has 3 aromatic rings. The second kappa shape index (κ2) is 8.33. The van der Waals surface area contributed by atoms with E-state index >= 15 is 0 Å².